The maximum Gasteiger partial charge on any atom is 0.239 e. The van der Waals surface area contributed by atoms with Crippen molar-refractivity contribution in [1.29, 1.82) is 0 Å². The monoisotopic (exact) mass is 480 g/mol. The zero-order chi connectivity index (χ0) is 24.9. The van der Waals surface area contributed by atoms with Crippen molar-refractivity contribution in [2.24, 2.45) is 0 Å². The predicted octanol–water partition coefficient (Wildman–Crippen LogP) is -0.833. The zero-order valence-electron chi connectivity index (χ0n) is 17.1. The van der Waals surface area contributed by atoms with Gasteiger partial charge in [0.05, 0.1) is 6.61 Å². The molecule has 0 spiro atoms. The zero-order valence-corrected chi connectivity index (χ0v) is 17.1. The number of hydrogen-bond donors (Lipinski definition) is 9. The number of benzene rings is 2. The summed E-state index contributed by atoms with van der Waals surface area (Å²) < 4.78 is 16.3. The van der Waals surface area contributed by atoms with E-state index in [1.54, 1.807) is 0 Å². The molecule has 13 nitrogen and oxygen atoms in total. The highest BCUT2D eigenvalue weighted by atomic mass is 16.7. The highest BCUT2D eigenvalue weighted by molar-refractivity contribution is 5.88. The molecule has 0 bridgehead atoms. The lowest BCUT2D eigenvalue weighted by atomic mass is 9.99. The van der Waals surface area contributed by atoms with Crippen molar-refractivity contribution in [2.45, 2.75) is 30.7 Å². The van der Waals surface area contributed by atoms with Gasteiger partial charge >= 0.3 is 0 Å². The van der Waals surface area contributed by atoms with Gasteiger partial charge in [0, 0.05) is 17.7 Å². The molecule has 182 valence electrons. The van der Waals surface area contributed by atoms with E-state index in [1.807, 2.05) is 0 Å². The molecule has 1 aromatic heterocycles. The highest BCUT2D eigenvalue weighted by Crippen LogP contribution is 2.43. The lowest BCUT2D eigenvalue weighted by Gasteiger charge is -2.39. The van der Waals surface area contributed by atoms with Gasteiger partial charge in [0.25, 0.3) is 0 Å². The molecule has 0 saturated carbocycles. The Kier molecular flexibility index (Phi) is 5.89. The molecule has 1 fully saturated rings. The van der Waals surface area contributed by atoms with Gasteiger partial charge in [-0.25, -0.2) is 0 Å². The van der Waals surface area contributed by atoms with Gasteiger partial charge in [-0.15, -0.1) is 0 Å². The van der Waals surface area contributed by atoms with Crippen LogP contribution in [0.3, 0.4) is 0 Å². The Morgan fingerprint density at radius 3 is 2.12 bits per heavy atom. The van der Waals surface area contributed by atoms with Crippen LogP contribution in [0, 0.1) is 0 Å². The SMILES string of the molecule is O=c1c(O[C@@H]2O[C@H](CO)[C@@H](O)C(O)C2O)c(-c2cc(O)c(O)c(O)c2)oc2cc(O)cc(O)c12. The summed E-state index contributed by atoms with van der Waals surface area (Å²) in [4.78, 5) is 13.3. The number of phenolic OH excluding ortho intramolecular Hbond substituents is 5. The number of aliphatic hydroxyl groups excluding tert-OH is 4. The van der Waals surface area contributed by atoms with Crippen molar-refractivity contribution in [3.63, 3.8) is 0 Å². The van der Waals surface area contributed by atoms with Gasteiger partial charge < -0.3 is 59.8 Å². The number of hydrogen-bond acceptors (Lipinski definition) is 13. The number of rotatable bonds is 4. The van der Waals surface area contributed by atoms with Gasteiger partial charge in [-0.1, -0.05) is 0 Å². The number of phenols is 5. The smallest absolute Gasteiger partial charge is 0.239 e. The Bertz CT molecular complexity index is 1280. The van der Waals surface area contributed by atoms with Crippen molar-refractivity contribution < 1.29 is 59.8 Å². The summed E-state index contributed by atoms with van der Waals surface area (Å²) in [6.45, 7) is -0.774. The van der Waals surface area contributed by atoms with Crippen molar-refractivity contribution in [2.75, 3.05) is 6.61 Å². The van der Waals surface area contributed by atoms with Crippen LogP contribution in [0.25, 0.3) is 22.3 Å². The van der Waals surface area contributed by atoms with Crippen molar-refractivity contribution in [3.05, 3.63) is 34.5 Å². The van der Waals surface area contributed by atoms with E-state index in [1.165, 1.54) is 0 Å². The number of aliphatic hydroxyl groups is 4. The van der Waals surface area contributed by atoms with Gasteiger partial charge in [-0.05, 0) is 12.1 Å². The molecule has 0 radical (unpaired) electrons. The van der Waals surface area contributed by atoms with Crippen LogP contribution in [-0.4, -0.2) is 83.3 Å². The molecule has 2 aromatic carbocycles. The number of ether oxygens (including phenoxy) is 2. The number of fused-ring (bicyclic) bond motifs is 1. The van der Waals surface area contributed by atoms with Crippen LogP contribution in [0.15, 0.2) is 33.5 Å². The molecule has 1 aliphatic rings. The summed E-state index contributed by atoms with van der Waals surface area (Å²) in [7, 11) is 0. The molecule has 4 rings (SSSR count). The van der Waals surface area contributed by atoms with E-state index in [2.05, 4.69) is 0 Å². The van der Waals surface area contributed by atoms with Crippen LogP contribution >= 0.6 is 0 Å². The maximum atomic E-state index is 13.3. The molecule has 3 aromatic rings. The fourth-order valence-electron chi connectivity index (χ4n) is 3.58. The highest BCUT2D eigenvalue weighted by Gasteiger charge is 2.45. The molecular weight excluding hydrogens is 460 g/mol. The van der Waals surface area contributed by atoms with Gasteiger partial charge in [-0.2, -0.15) is 0 Å². The average molecular weight is 480 g/mol. The fraction of sp³-hybridized carbons (Fsp3) is 0.286. The molecule has 0 aliphatic carbocycles. The molecule has 5 atom stereocenters. The Morgan fingerprint density at radius 2 is 1.50 bits per heavy atom. The third-order valence-corrected chi connectivity index (χ3v) is 5.33. The summed E-state index contributed by atoms with van der Waals surface area (Å²) in [6, 6.07) is 3.66. The van der Waals surface area contributed by atoms with Gasteiger partial charge in [0.2, 0.25) is 17.5 Å². The summed E-state index contributed by atoms with van der Waals surface area (Å²) >= 11 is 0. The van der Waals surface area contributed by atoms with Gasteiger partial charge in [-0.3, -0.25) is 4.79 Å². The quantitative estimate of drug-likeness (QED) is 0.208. The Balaban J connectivity index is 1.94. The van der Waals surface area contributed by atoms with Crippen molar-refractivity contribution in [1.82, 2.24) is 0 Å². The minimum Gasteiger partial charge on any atom is -0.508 e. The molecule has 13 heteroatoms. The summed E-state index contributed by atoms with van der Waals surface area (Å²) in [6.07, 6.45) is -8.64. The standard InChI is InChI=1S/C21H20O13/c22-5-12-15(28)17(30)18(31)21(33-12)34-20-16(29)13-8(24)3-7(23)4-11(13)32-19(20)6-1-9(25)14(27)10(26)2-6/h1-4,12,15,17-18,21-28,30-31H,5H2/t12-,15-,17?,18?,21+/m1/s1. The Labute approximate surface area is 189 Å². The molecule has 1 aliphatic heterocycles. The van der Waals surface area contributed by atoms with E-state index in [0.717, 1.165) is 24.3 Å². The Morgan fingerprint density at radius 1 is 0.853 bits per heavy atom. The van der Waals surface area contributed by atoms with Crippen LogP contribution in [0.4, 0.5) is 0 Å². The summed E-state index contributed by atoms with van der Waals surface area (Å²) in [5.74, 6) is -4.83. The molecule has 1 saturated heterocycles. The largest absolute Gasteiger partial charge is 0.508 e. The first-order valence-electron chi connectivity index (χ1n) is 9.78. The van der Waals surface area contributed by atoms with Gasteiger partial charge in [0.1, 0.15) is 46.9 Å². The lowest BCUT2D eigenvalue weighted by Crippen LogP contribution is -2.60. The van der Waals surface area contributed by atoms with E-state index >= 15 is 0 Å². The van der Waals surface area contributed by atoms with Gasteiger partial charge in [0.15, 0.2) is 23.0 Å². The van der Waals surface area contributed by atoms with E-state index in [0.29, 0.717) is 0 Å². The molecule has 2 unspecified atom stereocenters. The van der Waals surface area contributed by atoms with E-state index < -0.39 is 88.4 Å². The molecular formula is C21H20O13. The maximum absolute atomic E-state index is 13.3. The lowest BCUT2D eigenvalue weighted by molar-refractivity contribution is -0.277. The minimum atomic E-state index is -1.91. The second-order valence-corrected chi connectivity index (χ2v) is 7.61. The summed E-state index contributed by atoms with van der Waals surface area (Å²) in [5.41, 5.74) is -1.59. The van der Waals surface area contributed by atoms with Crippen LogP contribution in [0.1, 0.15) is 0 Å². The fourth-order valence-corrected chi connectivity index (χ4v) is 3.58. The second-order valence-electron chi connectivity index (χ2n) is 7.61. The molecule has 9 N–H and O–H groups in total. The average Bonchev–Trinajstić information content (AvgIpc) is 2.78. The first kappa shape index (κ1) is 23.4. The van der Waals surface area contributed by atoms with Crippen molar-refractivity contribution in [3.8, 4) is 45.8 Å². The topological polar surface area (TPSA) is 231 Å². The molecule has 0 amide bonds. The van der Waals surface area contributed by atoms with Crippen LogP contribution in [0.5, 0.6) is 34.5 Å². The van der Waals surface area contributed by atoms with Crippen molar-refractivity contribution >= 4 is 11.0 Å². The first-order valence-corrected chi connectivity index (χ1v) is 9.78. The third-order valence-electron chi connectivity index (χ3n) is 5.33. The van der Waals surface area contributed by atoms with Crippen LogP contribution < -0.4 is 10.2 Å². The van der Waals surface area contributed by atoms with Crippen LogP contribution in [0.2, 0.25) is 0 Å². The van der Waals surface area contributed by atoms with E-state index in [-0.39, 0.29) is 11.1 Å². The second kappa shape index (κ2) is 8.55. The van der Waals surface area contributed by atoms with E-state index in [4.69, 9.17) is 13.9 Å². The predicted molar refractivity (Wildman–Crippen MR) is 111 cm³/mol. The Hall–Kier alpha value is -3.75. The first-order chi connectivity index (χ1) is 16.0. The minimum absolute atomic E-state index is 0.214. The summed E-state index contributed by atoms with van der Waals surface area (Å²) in [5, 5.41) is 88.6. The number of aromatic hydroxyl groups is 5. The molecule has 2 heterocycles. The molecule has 34 heavy (non-hydrogen) atoms. The normalized spacial score (nSPS) is 24.9. The third kappa shape index (κ3) is 3.81. The van der Waals surface area contributed by atoms with Crippen LogP contribution in [-0.2, 0) is 4.74 Å². The van der Waals surface area contributed by atoms with E-state index in [9.17, 15) is 50.8 Å².